The number of sulfonamides is 1. The Morgan fingerprint density at radius 1 is 1.27 bits per heavy atom. The maximum atomic E-state index is 11.8. The average molecular weight is 344 g/mol. The second-order valence-electron chi connectivity index (χ2n) is 6.51. The summed E-state index contributed by atoms with van der Waals surface area (Å²) in [5.74, 6) is 0.448. The highest BCUT2D eigenvalue weighted by atomic mass is 32.2. The van der Waals surface area contributed by atoms with Gasteiger partial charge in [-0.05, 0) is 38.1 Å². The molecule has 1 aromatic rings. The van der Waals surface area contributed by atoms with Gasteiger partial charge in [0.1, 0.15) is 5.01 Å². The van der Waals surface area contributed by atoms with Crippen LogP contribution in [-0.2, 0) is 10.0 Å². The van der Waals surface area contributed by atoms with Crippen molar-refractivity contribution in [3.8, 4) is 0 Å². The molecule has 0 radical (unpaired) electrons. The number of hydrogen-bond acceptors (Lipinski definition) is 5. The molecule has 2 aliphatic rings. The van der Waals surface area contributed by atoms with E-state index in [2.05, 4.69) is 9.88 Å². The molecule has 0 saturated carbocycles. The summed E-state index contributed by atoms with van der Waals surface area (Å²) in [6, 6.07) is 0.433. The largest absolute Gasteiger partial charge is 0.294 e. The molecule has 0 amide bonds. The number of nitrogens with zero attached hydrogens (tertiary/aromatic N) is 3. The van der Waals surface area contributed by atoms with Gasteiger partial charge in [0.15, 0.2) is 0 Å². The molecular weight excluding hydrogens is 318 g/mol. The van der Waals surface area contributed by atoms with Crippen LogP contribution in [0.25, 0.3) is 0 Å². The number of aromatic nitrogens is 1. The van der Waals surface area contributed by atoms with Gasteiger partial charge in [-0.25, -0.2) is 17.7 Å². The number of thiazole rings is 1. The van der Waals surface area contributed by atoms with Crippen molar-refractivity contribution in [2.75, 3.05) is 32.4 Å². The summed E-state index contributed by atoms with van der Waals surface area (Å²) in [4.78, 5) is 7.05. The van der Waals surface area contributed by atoms with Crippen molar-refractivity contribution in [1.82, 2.24) is 14.2 Å². The van der Waals surface area contributed by atoms with Gasteiger partial charge in [0.25, 0.3) is 0 Å². The highest BCUT2D eigenvalue weighted by Gasteiger charge is 2.31. The standard InChI is InChI=1S/C15H25N3O2S2/c1-22(19,20)18-9-4-5-13(12-18)11-17-8-3-2-6-14(17)15-16-7-10-21-15/h7,10,13-14H,2-6,8-9,11-12H2,1H3/t13-,14+/m1/s1. The van der Waals surface area contributed by atoms with Gasteiger partial charge >= 0.3 is 0 Å². The summed E-state index contributed by atoms with van der Waals surface area (Å²) in [5.41, 5.74) is 0. The van der Waals surface area contributed by atoms with E-state index in [4.69, 9.17) is 0 Å². The first-order chi connectivity index (χ1) is 10.5. The first kappa shape index (κ1) is 16.4. The van der Waals surface area contributed by atoms with Crippen LogP contribution < -0.4 is 0 Å². The Balaban J connectivity index is 1.65. The molecule has 124 valence electrons. The van der Waals surface area contributed by atoms with Crippen molar-refractivity contribution >= 4 is 21.4 Å². The number of likely N-dealkylation sites (tertiary alicyclic amines) is 1. The molecule has 22 heavy (non-hydrogen) atoms. The van der Waals surface area contributed by atoms with E-state index in [0.29, 0.717) is 25.0 Å². The summed E-state index contributed by atoms with van der Waals surface area (Å²) < 4.78 is 25.2. The lowest BCUT2D eigenvalue weighted by atomic mass is 9.95. The normalized spacial score (nSPS) is 28.8. The molecule has 5 nitrogen and oxygen atoms in total. The Bertz CT molecular complexity index is 574. The van der Waals surface area contributed by atoms with Crippen LogP contribution >= 0.6 is 11.3 Å². The van der Waals surface area contributed by atoms with Crippen molar-refractivity contribution < 1.29 is 8.42 Å². The third kappa shape index (κ3) is 3.88. The lowest BCUT2D eigenvalue weighted by Gasteiger charge is -2.39. The molecule has 3 rings (SSSR count). The van der Waals surface area contributed by atoms with E-state index in [0.717, 1.165) is 25.9 Å². The number of hydrogen-bond donors (Lipinski definition) is 0. The Labute approximate surface area is 137 Å². The van der Waals surface area contributed by atoms with Crippen molar-refractivity contribution in [2.45, 2.75) is 38.1 Å². The minimum Gasteiger partial charge on any atom is -0.294 e. The zero-order valence-electron chi connectivity index (χ0n) is 13.1. The predicted octanol–water partition coefficient (Wildman–Crippen LogP) is 2.34. The molecule has 2 fully saturated rings. The predicted molar refractivity (Wildman–Crippen MR) is 89.4 cm³/mol. The summed E-state index contributed by atoms with van der Waals surface area (Å²) in [5, 5.41) is 3.27. The van der Waals surface area contributed by atoms with Crippen LogP contribution in [0.2, 0.25) is 0 Å². The first-order valence-electron chi connectivity index (χ1n) is 8.12. The summed E-state index contributed by atoms with van der Waals surface area (Å²) in [6.07, 6.45) is 9.01. The van der Waals surface area contributed by atoms with Gasteiger partial charge in [-0.2, -0.15) is 0 Å². The molecule has 7 heteroatoms. The lowest BCUT2D eigenvalue weighted by Crippen LogP contribution is -2.45. The third-order valence-corrected chi connectivity index (χ3v) is 6.94. The maximum absolute atomic E-state index is 11.8. The highest BCUT2D eigenvalue weighted by Crippen LogP contribution is 2.33. The van der Waals surface area contributed by atoms with E-state index in [-0.39, 0.29) is 0 Å². The molecule has 0 unspecified atom stereocenters. The number of rotatable bonds is 4. The molecule has 2 atom stereocenters. The fraction of sp³-hybridized carbons (Fsp3) is 0.800. The Morgan fingerprint density at radius 3 is 2.86 bits per heavy atom. The van der Waals surface area contributed by atoms with Crippen molar-refractivity contribution in [3.05, 3.63) is 16.6 Å². The van der Waals surface area contributed by atoms with Crippen molar-refractivity contribution in [2.24, 2.45) is 5.92 Å². The Kier molecular flexibility index (Phi) is 5.17. The van der Waals surface area contributed by atoms with E-state index < -0.39 is 10.0 Å². The molecule has 0 N–H and O–H groups in total. The van der Waals surface area contributed by atoms with Crippen molar-refractivity contribution in [1.29, 1.82) is 0 Å². The topological polar surface area (TPSA) is 53.5 Å². The quantitative estimate of drug-likeness (QED) is 0.842. The van der Waals surface area contributed by atoms with Crippen LogP contribution in [0.3, 0.4) is 0 Å². The van der Waals surface area contributed by atoms with E-state index in [1.165, 1.54) is 30.5 Å². The van der Waals surface area contributed by atoms with Gasteiger partial charge in [0.05, 0.1) is 12.3 Å². The fourth-order valence-electron chi connectivity index (χ4n) is 3.70. The molecule has 0 aromatic carbocycles. The second kappa shape index (κ2) is 6.95. The molecule has 0 aliphatic carbocycles. The molecule has 0 bridgehead atoms. The van der Waals surface area contributed by atoms with E-state index in [1.807, 2.05) is 11.6 Å². The third-order valence-electron chi connectivity index (χ3n) is 4.79. The van der Waals surface area contributed by atoms with Gasteiger partial charge < -0.3 is 0 Å². The zero-order valence-corrected chi connectivity index (χ0v) is 14.8. The molecular formula is C15H25N3O2S2. The van der Waals surface area contributed by atoms with Crippen LogP contribution in [0.1, 0.15) is 43.2 Å². The molecule has 2 aliphatic heterocycles. The van der Waals surface area contributed by atoms with Crippen LogP contribution in [-0.4, -0.2) is 55.0 Å². The van der Waals surface area contributed by atoms with Crippen LogP contribution in [0.4, 0.5) is 0 Å². The second-order valence-corrected chi connectivity index (χ2v) is 9.41. The summed E-state index contributed by atoms with van der Waals surface area (Å²) in [7, 11) is -3.05. The Morgan fingerprint density at radius 2 is 2.14 bits per heavy atom. The highest BCUT2D eigenvalue weighted by molar-refractivity contribution is 7.88. The summed E-state index contributed by atoms with van der Waals surface area (Å²) in [6.45, 7) is 3.47. The molecule has 1 aromatic heterocycles. The zero-order chi connectivity index (χ0) is 15.6. The smallest absolute Gasteiger partial charge is 0.211 e. The van der Waals surface area contributed by atoms with Gasteiger partial charge in [0, 0.05) is 31.2 Å². The Hall–Kier alpha value is -0.500. The lowest BCUT2D eigenvalue weighted by molar-refractivity contribution is 0.105. The number of piperidine rings is 2. The van der Waals surface area contributed by atoms with Crippen LogP contribution in [0.15, 0.2) is 11.6 Å². The maximum Gasteiger partial charge on any atom is 0.211 e. The van der Waals surface area contributed by atoms with Gasteiger partial charge in [0.2, 0.25) is 10.0 Å². The van der Waals surface area contributed by atoms with Crippen molar-refractivity contribution in [3.63, 3.8) is 0 Å². The monoisotopic (exact) mass is 343 g/mol. The summed E-state index contributed by atoms with van der Waals surface area (Å²) >= 11 is 1.74. The fourth-order valence-corrected chi connectivity index (χ4v) is 5.45. The minimum atomic E-state index is -3.05. The van der Waals surface area contributed by atoms with Crippen LogP contribution in [0.5, 0.6) is 0 Å². The molecule has 2 saturated heterocycles. The molecule has 3 heterocycles. The van der Waals surface area contributed by atoms with E-state index >= 15 is 0 Å². The van der Waals surface area contributed by atoms with Gasteiger partial charge in [-0.1, -0.05) is 6.42 Å². The van der Waals surface area contributed by atoms with Gasteiger partial charge in [-0.15, -0.1) is 11.3 Å². The first-order valence-corrected chi connectivity index (χ1v) is 10.9. The SMILES string of the molecule is CS(=O)(=O)N1CCC[C@H](CN2CCCC[C@H]2c2nccs2)C1. The van der Waals surface area contributed by atoms with Crippen LogP contribution in [0, 0.1) is 5.92 Å². The minimum absolute atomic E-state index is 0.433. The molecule has 0 spiro atoms. The van der Waals surface area contributed by atoms with E-state index in [9.17, 15) is 8.42 Å². The van der Waals surface area contributed by atoms with E-state index in [1.54, 1.807) is 15.6 Å². The average Bonchev–Trinajstić information content (AvgIpc) is 3.01. The van der Waals surface area contributed by atoms with Gasteiger partial charge in [-0.3, -0.25) is 4.90 Å².